The maximum absolute atomic E-state index is 13.6. The molecule has 30 heavy (non-hydrogen) atoms. The first-order valence-electron chi connectivity index (χ1n) is 9.64. The van der Waals surface area contributed by atoms with Crippen LogP contribution in [0.5, 0.6) is 0 Å². The van der Waals surface area contributed by atoms with E-state index in [1.807, 2.05) is 5.38 Å². The number of nitrogens with one attached hydrogen (secondary N) is 1. The van der Waals surface area contributed by atoms with Gasteiger partial charge in [-0.05, 0) is 31.0 Å². The van der Waals surface area contributed by atoms with Crippen molar-refractivity contribution >= 4 is 32.7 Å². The number of anilines is 1. The summed E-state index contributed by atoms with van der Waals surface area (Å²) in [6.45, 7) is 1.16. The van der Waals surface area contributed by atoms with Gasteiger partial charge in [-0.25, -0.2) is 17.8 Å². The molecule has 1 N–H and O–H groups in total. The van der Waals surface area contributed by atoms with E-state index in [-0.39, 0.29) is 5.82 Å². The van der Waals surface area contributed by atoms with Gasteiger partial charge in [0.1, 0.15) is 5.82 Å². The quantitative estimate of drug-likeness (QED) is 0.446. The number of hydrazone groups is 1. The van der Waals surface area contributed by atoms with E-state index in [1.54, 1.807) is 46.8 Å². The Morgan fingerprint density at radius 1 is 1.07 bits per heavy atom. The average Bonchev–Trinajstić information content (AvgIpc) is 3.25. The SMILES string of the molecule is O=S(=O)(c1ccc(-c2csc(NN=Cc3ccccc3F)n2)cc1)N1CCCCC1. The minimum atomic E-state index is -3.44. The van der Waals surface area contributed by atoms with Gasteiger partial charge in [-0.3, -0.25) is 5.43 Å². The highest BCUT2D eigenvalue weighted by atomic mass is 32.2. The van der Waals surface area contributed by atoms with Crippen LogP contribution in [0.25, 0.3) is 11.3 Å². The number of nitrogens with zero attached hydrogens (tertiary/aromatic N) is 3. The molecule has 0 saturated carbocycles. The van der Waals surface area contributed by atoms with Gasteiger partial charge in [0.25, 0.3) is 0 Å². The maximum atomic E-state index is 13.6. The summed E-state index contributed by atoms with van der Waals surface area (Å²) in [6.07, 6.45) is 4.29. The van der Waals surface area contributed by atoms with Crippen molar-refractivity contribution in [2.24, 2.45) is 5.10 Å². The Morgan fingerprint density at radius 3 is 2.53 bits per heavy atom. The predicted octanol–water partition coefficient (Wildman–Crippen LogP) is 4.57. The van der Waals surface area contributed by atoms with Gasteiger partial charge >= 0.3 is 0 Å². The van der Waals surface area contributed by atoms with Gasteiger partial charge in [-0.2, -0.15) is 9.41 Å². The molecule has 2 aromatic carbocycles. The molecule has 0 radical (unpaired) electrons. The second-order valence-corrected chi connectivity index (χ2v) is 9.71. The van der Waals surface area contributed by atoms with Crippen molar-refractivity contribution < 1.29 is 12.8 Å². The minimum absolute atomic E-state index is 0.302. The van der Waals surface area contributed by atoms with Crippen LogP contribution in [0.4, 0.5) is 9.52 Å². The summed E-state index contributed by atoms with van der Waals surface area (Å²) in [5.74, 6) is -0.345. The summed E-state index contributed by atoms with van der Waals surface area (Å²) in [7, 11) is -3.44. The van der Waals surface area contributed by atoms with E-state index < -0.39 is 10.0 Å². The third-order valence-electron chi connectivity index (χ3n) is 4.88. The van der Waals surface area contributed by atoms with Crippen molar-refractivity contribution in [1.29, 1.82) is 0 Å². The molecule has 0 atom stereocenters. The molecule has 1 aliphatic rings. The highest BCUT2D eigenvalue weighted by Gasteiger charge is 2.25. The van der Waals surface area contributed by atoms with Gasteiger partial charge in [0, 0.05) is 29.6 Å². The second-order valence-electron chi connectivity index (χ2n) is 6.92. The molecule has 6 nitrogen and oxygen atoms in total. The molecular formula is C21H21FN4O2S2. The van der Waals surface area contributed by atoms with Crippen LogP contribution in [0.15, 0.2) is 63.9 Å². The van der Waals surface area contributed by atoms with E-state index in [4.69, 9.17) is 0 Å². The van der Waals surface area contributed by atoms with E-state index in [0.29, 0.717) is 34.4 Å². The normalized spacial score (nSPS) is 15.5. The van der Waals surface area contributed by atoms with Crippen molar-refractivity contribution in [3.8, 4) is 11.3 Å². The van der Waals surface area contributed by atoms with E-state index in [2.05, 4.69) is 15.5 Å². The zero-order valence-electron chi connectivity index (χ0n) is 16.2. The summed E-state index contributed by atoms with van der Waals surface area (Å²) in [6, 6.07) is 13.1. The monoisotopic (exact) mass is 444 g/mol. The summed E-state index contributed by atoms with van der Waals surface area (Å²) in [4.78, 5) is 4.76. The van der Waals surface area contributed by atoms with Gasteiger partial charge in [0.2, 0.25) is 15.2 Å². The molecule has 0 spiro atoms. The Hall–Kier alpha value is -2.62. The molecule has 0 aliphatic carbocycles. The first-order chi connectivity index (χ1) is 14.5. The lowest BCUT2D eigenvalue weighted by molar-refractivity contribution is 0.346. The summed E-state index contributed by atoms with van der Waals surface area (Å²) in [5.41, 5.74) is 4.71. The Labute approximate surface area is 179 Å². The molecule has 0 unspecified atom stereocenters. The first-order valence-corrected chi connectivity index (χ1v) is 12.0. The molecular weight excluding hydrogens is 423 g/mol. The Balaban J connectivity index is 1.44. The van der Waals surface area contributed by atoms with Crippen molar-refractivity contribution in [2.45, 2.75) is 24.2 Å². The van der Waals surface area contributed by atoms with Gasteiger partial charge in [-0.15, -0.1) is 11.3 Å². The number of halogens is 1. The number of aromatic nitrogens is 1. The Kier molecular flexibility index (Phi) is 6.21. The largest absolute Gasteiger partial charge is 0.253 e. The zero-order chi connectivity index (χ0) is 21.0. The van der Waals surface area contributed by atoms with Crippen LogP contribution in [0.2, 0.25) is 0 Å². The topological polar surface area (TPSA) is 74.7 Å². The van der Waals surface area contributed by atoms with Gasteiger partial charge in [0.15, 0.2) is 0 Å². The second kappa shape index (κ2) is 9.03. The van der Waals surface area contributed by atoms with E-state index in [9.17, 15) is 12.8 Å². The van der Waals surface area contributed by atoms with Crippen molar-refractivity contribution in [3.05, 3.63) is 65.3 Å². The fourth-order valence-corrected chi connectivity index (χ4v) is 5.43. The van der Waals surface area contributed by atoms with Crippen molar-refractivity contribution in [3.63, 3.8) is 0 Å². The molecule has 2 heterocycles. The molecule has 4 rings (SSSR count). The van der Waals surface area contributed by atoms with Crippen molar-refractivity contribution in [1.82, 2.24) is 9.29 Å². The Bertz CT molecular complexity index is 1140. The summed E-state index contributed by atoms with van der Waals surface area (Å²) < 4.78 is 40.7. The maximum Gasteiger partial charge on any atom is 0.243 e. The standard InChI is InChI=1S/C21H21FN4O2S2/c22-19-7-3-2-6-17(19)14-23-25-21-24-20(15-29-21)16-8-10-18(11-9-16)30(27,28)26-12-4-1-5-13-26/h2-3,6-11,14-15H,1,4-5,12-13H2,(H,24,25). The molecule has 0 amide bonds. The van der Waals surface area contributed by atoms with E-state index >= 15 is 0 Å². The van der Waals surface area contributed by atoms with Crippen LogP contribution in [0.1, 0.15) is 24.8 Å². The zero-order valence-corrected chi connectivity index (χ0v) is 17.8. The average molecular weight is 445 g/mol. The highest BCUT2D eigenvalue weighted by Crippen LogP contribution is 2.27. The lowest BCUT2D eigenvalue weighted by Gasteiger charge is -2.25. The third kappa shape index (κ3) is 4.58. The summed E-state index contributed by atoms with van der Waals surface area (Å²) >= 11 is 1.36. The fourth-order valence-electron chi connectivity index (χ4n) is 3.25. The van der Waals surface area contributed by atoms with Crippen LogP contribution in [0.3, 0.4) is 0 Å². The summed E-state index contributed by atoms with van der Waals surface area (Å²) in [5, 5.41) is 6.44. The third-order valence-corrected chi connectivity index (χ3v) is 7.54. The van der Waals surface area contributed by atoms with E-state index in [1.165, 1.54) is 23.6 Å². The Morgan fingerprint density at radius 2 is 1.80 bits per heavy atom. The number of piperidine rings is 1. The van der Waals surface area contributed by atoms with Crippen molar-refractivity contribution in [2.75, 3.05) is 18.5 Å². The molecule has 1 fully saturated rings. The molecule has 3 aromatic rings. The lowest BCUT2D eigenvalue weighted by atomic mass is 10.2. The predicted molar refractivity (Wildman–Crippen MR) is 118 cm³/mol. The van der Waals surface area contributed by atoms with Gasteiger partial charge in [-0.1, -0.05) is 36.8 Å². The number of hydrogen-bond acceptors (Lipinski definition) is 6. The molecule has 1 aliphatic heterocycles. The number of thiazole rings is 1. The van der Waals surface area contributed by atoms with Crippen LogP contribution < -0.4 is 5.43 Å². The lowest BCUT2D eigenvalue weighted by Crippen LogP contribution is -2.35. The fraction of sp³-hybridized carbons (Fsp3) is 0.238. The number of benzene rings is 2. The number of hydrogen-bond donors (Lipinski definition) is 1. The van der Waals surface area contributed by atoms with Crippen LogP contribution in [0, 0.1) is 5.82 Å². The minimum Gasteiger partial charge on any atom is -0.253 e. The smallest absolute Gasteiger partial charge is 0.243 e. The molecule has 1 saturated heterocycles. The van der Waals surface area contributed by atoms with Crippen LogP contribution in [-0.4, -0.2) is 37.0 Å². The number of sulfonamides is 1. The van der Waals surface area contributed by atoms with Crippen LogP contribution in [-0.2, 0) is 10.0 Å². The molecule has 1 aromatic heterocycles. The van der Waals surface area contributed by atoms with E-state index in [0.717, 1.165) is 24.8 Å². The van der Waals surface area contributed by atoms with Gasteiger partial charge < -0.3 is 0 Å². The highest BCUT2D eigenvalue weighted by molar-refractivity contribution is 7.89. The van der Waals surface area contributed by atoms with Crippen LogP contribution >= 0.6 is 11.3 Å². The molecule has 0 bridgehead atoms. The number of rotatable bonds is 6. The first kappa shape index (κ1) is 20.6. The molecule has 9 heteroatoms. The van der Waals surface area contributed by atoms with Gasteiger partial charge in [0.05, 0.1) is 16.8 Å². The molecule has 156 valence electrons.